The quantitative estimate of drug-likeness (QED) is 0.652. The number of carbonyl (C=O) groups is 2. The Balaban J connectivity index is 0.000000806. The SMILES string of the molecule is CC(C)(C)[C@H]1CN(C(=O)c2cccn3cnnc23)C[C@@H](c2ccccc2)O1.O=CO. The fourth-order valence-electron chi connectivity index (χ4n) is 3.44. The van der Waals surface area contributed by atoms with E-state index in [1.54, 1.807) is 10.7 Å². The summed E-state index contributed by atoms with van der Waals surface area (Å²) in [4.78, 5) is 23.6. The minimum atomic E-state index is -0.250. The van der Waals surface area contributed by atoms with Gasteiger partial charge in [-0.05, 0) is 23.1 Å². The molecule has 2 atom stereocenters. The number of hydrogen-bond donors (Lipinski definition) is 1. The molecule has 3 aromatic rings. The highest BCUT2D eigenvalue weighted by atomic mass is 16.5. The van der Waals surface area contributed by atoms with Crippen molar-refractivity contribution in [2.24, 2.45) is 5.41 Å². The highest BCUT2D eigenvalue weighted by Gasteiger charge is 2.38. The number of nitrogens with zero attached hydrogens (tertiary/aromatic N) is 4. The largest absolute Gasteiger partial charge is 0.483 e. The fraction of sp³-hybridized carbons (Fsp3) is 0.364. The standard InChI is InChI=1S/C21H24N4O2.CH2O2/c1-21(2,3)18-13-25(12-17(27-18)15-8-5-4-6-9-15)20(26)16-10-7-11-24-14-22-23-19(16)24;2-1-3/h4-11,14,17-18H,12-13H2,1-3H3;1H,(H,2,3)/t17-,18+;/m0./s1. The van der Waals surface area contributed by atoms with Crippen molar-refractivity contribution < 1.29 is 19.4 Å². The van der Waals surface area contributed by atoms with Crippen molar-refractivity contribution in [2.45, 2.75) is 33.0 Å². The monoisotopic (exact) mass is 410 g/mol. The predicted octanol–water partition coefficient (Wildman–Crippen LogP) is 3.06. The van der Waals surface area contributed by atoms with Gasteiger partial charge in [0.2, 0.25) is 0 Å². The molecule has 1 aliphatic heterocycles. The average molecular weight is 410 g/mol. The second-order valence-electron chi connectivity index (χ2n) is 8.19. The van der Waals surface area contributed by atoms with E-state index in [1.807, 2.05) is 41.4 Å². The lowest BCUT2D eigenvalue weighted by molar-refractivity contribution is -0.122. The summed E-state index contributed by atoms with van der Waals surface area (Å²) in [5.74, 6) is -0.0351. The van der Waals surface area contributed by atoms with Crippen LogP contribution in [0.1, 0.15) is 42.8 Å². The number of amides is 1. The van der Waals surface area contributed by atoms with Crippen LogP contribution in [0.25, 0.3) is 5.65 Å². The average Bonchev–Trinajstić information content (AvgIpc) is 3.22. The summed E-state index contributed by atoms with van der Waals surface area (Å²) < 4.78 is 8.17. The van der Waals surface area contributed by atoms with E-state index in [0.717, 1.165) is 5.56 Å². The summed E-state index contributed by atoms with van der Waals surface area (Å²) in [5.41, 5.74) is 2.16. The third-order valence-electron chi connectivity index (χ3n) is 5.08. The topological polar surface area (TPSA) is 97.0 Å². The molecule has 2 aromatic heterocycles. The van der Waals surface area contributed by atoms with Crippen molar-refractivity contribution in [3.8, 4) is 0 Å². The molecule has 3 heterocycles. The highest BCUT2D eigenvalue weighted by Crippen LogP contribution is 2.34. The van der Waals surface area contributed by atoms with Crippen LogP contribution in [0.3, 0.4) is 0 Å². The second-order valence-corrected chi connectivity index (χ2v) is 8.19. The van der Waals surface area contributed by atoms with Gasteiger partial charge in [-0.2, -0.15) is 0 Å². The molecule has 1 aliphatic rings. The van der Waals surface area contributed by atoms with E-state index in [1.165, 1.54) is 0 Å². The Bertz CT molecular complexity index is 997. The van der Waals surface area contributed by atoms with Crippen LogP contribution in [-0.4, -0.2) is 56.2 Å². The number of rotatable bonds is 2. The van der Waals surface area contributed by atoms with Crippen LogP contribution in [0.5, 0.6) is 0 Å². The number of morpholine rings is 1. The third-order valence-corrected chi connectivity index (χ3v) is 5.08. The van der Waals surface area contributed by atoms with Crippen LogP contribution in [0.2, 0.25) is 0 Å². The lowest BCUT2D eigenvalue weighted by Crippen LogP contribution is -2.51. The number of aromatic nitrogens is 3. The van der Waals surface area contributed by atoms with Gasteiger partial charge in [-0.1, -0.05) is 51.1 Å². The maximum atomic E-state index is 13.4. The molecule has 1 saturated heterocycles. The minimum Gasteiger partial charge on any atom is -0.483 e. The zero-order chi connectivity index (χ0) is 21.7. The lowest BCUT2D eigenvalue weighted by atomic mass is 9.87. The fourth-order valence-corrected chi connectivity index (χ4v) is 3.44. The van der Waals surface area contributed by atoms with E-state index in [2.05, 4.69) is 43.1 Å². The molecular weight excluding hydrogens is 384 g/mol. The summed E-state index contributed by atoms with van der Waals surface area (Å²) in [5, 5.41) is 14.9. The van der Waals surface area contributed by atoms with Gasteiger partial charge in [-0.15, -0.1) is 10.2 Å². The molecule has 0 saturated carbocycles. The van der Waals surface area contributed by atoms with Crippen LogP contribution < -0.4 is 0 Å². The number of ether oxygens (including phenoxy) is 1. The van der Waals surface area contributed by atoms with E-state index in [9.17, 15) is 4.79 Å². The summed E-state index contributed by atoms with van der Waals surface area (Å²) in [6, 6.07) is 13.8. The van der Waals surface area contributed by atoms with Gasteiger partial charge in [0.15, 0.2) is 5.65 Å². The van der Waals surface area contributed by atoms with Gasteiger partial charge in [0, 0.05) is 12.7 Å². The van der Waals surface area contributed by atoms with E-state index in [0.29, 0.717) is 24.3 Å². The zero-order valence-electron chi connectivity index (χ0n) is 17.3. The van der Waals surface area contributed by atoms with Crippen molar-refractivity contribution >= 4 is 18.0 Å². The summed E-state index contributed by atoms with van der Waals surface area (Å²) in [6.07, 6.45) is 3.25. The van der Waals surface area contributed by atoms with Crippen molar-refractivity contribution in [2.75, 3.05) is 13.1 Å². The highest BCUT2D eigenvalue weighted by molar-refractivity contribution is 5.99. The van der Waals surface area contributed by atoms with Crippen molar-refractivity contribution in [3.05, 3.63) is 66.1 Å². The Morgan fingerprint density at radius 1 is 1.17 bits per heavy atom. The molecule has 4 rings (SSSR count). The smallest absolute Gasteiger partial charge is 0.290 e. The van der Waals surface area contributed by atoms with Crippen molar-refractivity contribution in [1.29, 1.82) is 0 Å². The molecule has 0 aliphatic carbocycles. The first-order chi connectivity index (χ1) is 14.3. The molecule has 158 valence electrons. The molecule has 0 radical (unpaired) electrons. The van der Waals surface area contributed by atoms with Gasteiger partial charge < -0.3 is 14.7 Å². The van der Waals surface area contributed by atoms with Gasteiger partial charge in [-0.3, -0.25) is 14.0 Å². The Labute approximate surface area is 175 Å². The second kappa shape index (κ2) is 9.04. The molecule has 0 unspecified atom stereocenters. The molecule has 0 spiro atoms. The van der Waals surface area contributed by atoms with E-state index in [4.69, 9.17) is 14.6 Å². The maximum Gasteiger partial charge on any atom is 0.290 e. The molecular formula is C22H26N4O4. The first-order valence-corrected chi connectivity index (χ1v) is 9.71. The van der Waals surface area contributed by atoms with Crippen molar-refractivity contribution in [1.82, 2.24) is 19.5 Å². The molecule has 1 N–H and O–H groups in total. The molecule has 1 fully saturated rings. The van der Waals surface area contributed by atoms with Crippen molar-refractivity contribution in [3.63, 3.8) is 0 Å². The number of fused-ring (bicyclic) bond motifs is 1. The number of hydrogen-bond acceptors (Lipinski definition) is 5. The molecule has 8 nitrogen and oxygen atoms in total. The lowest BCUT2D eigenvalue weighted by Gasteiger charge is -2.43. The van der Waals surface area contributed by atoms with Crippen LogP contribution in [-0.2, 0) is 9.53 Å². The van der Waals surface area contributed by atoms with E-state index in [-0.39, 0.29) is 30.0 Å². The first kappa shape index (κ1) is 21.4. The molecule has 8 heteroatoms. The minimum absolute atomic E-state index is 0.0351. The third kappa shape index (κ3) is 4.65. The van der Waals surface area contributed by atoms with Gasteiger partial charge >= 0.3 is 0 Å². The van der Waals surface area contributed by atoms with Gasteiger partial charge in [-0.25, -0.2) is 0 Å². The molecule has 30 heavy (non-hydrogen) atoms. The number of carboxylic acid groups (broad SMARTS) is 1. The summed E-state index contributed by atoms with van der Waals surface area (Å²) in [7, 11) is 0. The van der Waals surface area contributed by atoms with Crippen LogP contribution in [0, 0.1) is 5.41 Å². The number of carbonyl (C=O) groups excluding carboxylic acids is 1. The zero-order valence-corrected chi connectivity index (χ0v) is 17.3. The Morgan fingerprint density at radius 2 is 1.87 bits per heavy atom. The summed E-state index contributed by atoms with van der Waals surface area (Å²) >= 11 is 0. The predicted molar refractivity (Wildman–Crippen MR) is 111 cm³/mol. The Kier molecular flexibility index (Phi) is 6.47. The van der Waals surface area contributed by atoms with Crippen LogP contribution in [0.15, 0.2) is 55.0 Å². The Hall–Kier alpha value is -3.26. The Morgan fingerprint density at radius 3 is 2.53 bits per heavy atom. The molecule has 1 aromatic carbocycles. The first-order valence-electron chi connectivity index (χ1n) is 9.71. The maximum absolute atomic E-state index is 13.4. The van der Waals surface area contributed by atoms with Crippen LogP contribution in [0.4, 0.5) is 0 Å². The molecule has 0 bridgehead atoms. The number of benzene rings is 1. The van der Waals surface area contributed by atoms with Crippen LogP contribution >= 0.6 is 0 Å². The van der Waals surface area contributed by atoms with E-state index < -0.39 is 0 Å². The van der Waals surface area contributed by atoms with Gasteiger partial charge in [0.1, 0.15) is 12.4 Å². The molecule has 1 amide bonds. The normalized spacial score (nSPS) is 19.1. The van der Waals surface area contributed by atoms with E-state index >= 15 is 0 Å². The van der Waals surface area contributed by atoms with Gasteiger partial charge in [0.05, 0.1) is 18.2 Å². The number of pyridine rings is 1. The summed E-state index contributed by atoms with van der Waals surface area (Å²) in [6.45, 7) is 7.26. The van der Waals surface area contributed by atoms with Gasteiger partial charge in [0.25, 0.3) is 12.4 Å².